The molecule has 1 saturated heterocycles. The minimum atomic E-state index is -0.0476. The van der Waals surface area contributed by atoms with E-state index in [1.54, 1.807) is 0 Å². The van der Waals surface area contributed by atoms with Gasteiger partial charge in [-0.3, -0.25) is 4.79 Å². The summed E-state index contributed by atoms with van der Waals surface area (Å²) in [5, 5.41) is 0.142. The van der Waals surface area contributed by atoms with E-state index in [9.17, 15) is 4.79 Å². The zero-order valence-corrected chi connectivity index (χ0v) is 18.0. The fourth-order valence-electron chi connectivity index (χ4n) is 3.56. The van der Waals surface area contributed by atoms with Gasteiger partial charge in [-0.25, -0.2) is 4.98 Å². The summed E-state index contributed by atoms with van der Waals surface area (Å²) in [7, 11) is 0.419. The maximum Gasteiger partial charge on any atom is 0.276 e. The van der Waals surface area contributed by atoms with Crippen LogP contribution in [0.25, 0.3) is 0 Å². The number of carbonyl (C=O) groups excluding carboxylic acids is 1. The predicted octanol–water partition coefficient (Wildman–Crippen LogP) is 3.66. The highest BCUT2D eigenvalue weighted by Gasteiger charge is 2.40. The molecular formula is C21H30N2O3Si. The molecule has 1 aliphatic heterocycles. The number of allylic oxidation sites excluding steroid dienone is 1. The number of carbonyl (C=O) groups is 1. The number of rotatable bonds is 6. The summed E-state index contributed by atoms with van der Waals surface area (Å²) in [6.07, 6.45) is 5.44. The van der Waals surface area contributed by atoms with Crippen molar-refractivity contribution in [3.63, 3.8) is 0 Å². The smallest absolute Gasteiger partial charge is 0.276 e. The van der Waals surface area contributed by atoms with Crippen molar-refractivity contribution < 1.29 is 14.0 Å². The van der Waals surface area contributed by atoms with Gasteiger partial charge in [0.15, 0.2) is 11.4 Å². The molecule has 5 nitrogen and oxygen atoms in total. The summed E-state index contributed by atoms with van der Waals surface area (Å²) in [5.74, 6) is 1.54. The Hall–Kier alpha value is -1.66. The van der Waals surface area contributed by atoms with Gasteiger partial charge in [-0.1, -0.05) is 32.9 Å². The number of ether oxygens (including phenoxy) is 1. The Morgan fingerprint density at radius 2 is 2.04 bits per heavy atom. The Balaban J connectivity index is 1.79. The summed E-state index contributed by atoms with van der Waals surface area (Å²) >= 11 is 0. The van der Waals surface area contributed by atoms with Gasteiger partial charge in [-0.05, 0) is 43.4 Å². The average Bonchev–Trinajstić information content (AvgIpc) is 2.57. The molecule has 27 heavy (non-hydrogen) atoms. The van der Waals surface area contributed by atoms with Crippen molar-refractivity contribution in [1.29, 1.82) is 0 Å². The highest BCUT2D eigenvalue weighted by atomic mass is 28.2. The van der Waals surface area contributed by atoms with E-state index in [-0.39, 0.29) is 17.0 Å². The van der Waals surface area contributed by atoms with E-state index in [0.717, 1.165) is 18.7 Å². The number of pyridine rings is 1. The van der Waals surface area contributed by atoms with Crippen molar-refractivity contribution in [2.75, 3.05) is 19.8 Å². The van der Waals surface area contributed by atoms with Gasteiger partial charge in [0.05, 0.1) is 19.3 Å². The SMILES string of the molecule is CCOc1ccc(C)nc1C(=O)N1CC2C=CC2CC1CO[Si]C(C)(C)C. The molecule has 0 bridgehead atoms. The number of hydrogen-bond donors (Lipinski definition) is 0. The van der Waals surface area contributed by atoms with Crippen LogP contribution in [0.5, 0.6) is 5.75 Å². The van der Waals surface area contributed by atoms with E-state index < -0.39 is 0 Å². The van der Waals surface area contributed by atoms with Crippen molar-refractivity contribution in [3.05, 3.63) is 35.7 Å². The third-order valence-electron chi connectivity index (χ3n) is 4.96. The maximum atomic E-state index is 13.4. The van der Waals surface area contributed by atoms with E-state index in [4.69, 9.17) is 9.16 Å². The van der Waals surface area contributed by atoms with Crippen molar-refractivity contribution >= 4 is 15.7 Å². The average molecular weight is 387 g/mol. The number of amides is 1. The number of fused-ring (bicyclic) bond motifs is 1. The molecular weight excluding hydrogens is 356 g/mol. The molecule has 3 unspecified atom stereocenters. The van der Waals surface area contributed by atoms with E-state index >= 15 is 0 Å². The molecule has 1 amide bonds. The highest BCUT2D eigenvalue weighted by Crippen LogP contribution is 2.37. The second kappa shape index (κ2) is 8.15. The second-order valence-electron chi connectivity index (χ2n) is 8.46. The van der Waals surface area contributed by atoms with Crippen molar-refractivity contribution in [2.24, 2.45) is 11.8 Å². The van der Waals surface area contributed by atoms with Crippen LogP contribution in [0.15, 0.2) is 24.3 Å². The van der Waals surface area contributed by atoms with Crippen LogP contribution in [-0.4, -0.2) is 51.4 Å². The van der Waals surface area contributed by atoms with Crippen LogP contribution in [0.1, 0.15) is 50.3 Å². The first-order chi connectivity index (χ1) is 12.8. The monoisotopic (exact) mass is 386 g/mol. The number of piperidine rings is 1. The van der Waals surface area contributed by atoms with Crippen molar-refractivity contribution in [3.8, 4) is 5.75 Å². The molecule has 1 aromatic heterocycles. The minimum absolute atomic E-state index is 0.0476. The normalized spacial score (nSPS) is 24.3. The lowest BCUT2D eigenvalue weighted by atomic mass is 9.74. The lowest BCUT2D eigenvalue weighted by molar-refractivity contribution is 0.0353. The van der Waals surface area contributed by atoms with Gasteiger partial charge in [0.25, 0.3) is 5.91 Å². The molecule has 3 atom stereocenters. The molecule has 0 aromatic carbocycles. The Morgan fingerprint density at radius 1 is 1.30 bits per heavy atom. The summed E-state index contributed by atoms with van der Waals surface area (Å²) in [5.41, 5.74) is 1.24. The first-order valence-electron chi connectivity index (χ1n) is 9.77. The zero-order valence-electron chi connectivity index (χ0n) is 17.0. The van der Waals surface area contributed by atoms with Crippen LogP contribution >= 0.6 is 0 Å². The molecule has 1 aliphatic carbocycles. The van der Waals surface area contributed by atoms with Crippen LogP contribution in [0.4, 0.5) is 0 Å². The van der Waals surface area contributed by atoms with Gasteiger partial charge in [-0.15, -0.1) is 0 Å². The molecule has 0 N–H and O–H groups in total. The fraction of sp³-hybridized carbons (Fsp3) is 0.619. The third kappa shape index (κ3) is 4.79. The molecule has 3 rings (SSSR count). The lowest BCUT2D eigenvalue weighted by Crippen LogP contribution is -2.53. The van der Waals surface area contributed by atoms with Crippen LogP contribution in [0.2, 0.25) is 5.04 Å². The van der Waals surface area contributed by atoms with E-state index in [1.165, 1.54) is 0 Å². The van der Waals surface area contributed by atoms with Gasteiger partial charge in [0, 0.05) is 18.2 Å². The zero-order chi connectivity index (χ0) is 19.6. The molecule has 2 radical (unpaired) electrons. The molecule has 2 aliphatic rings. The summed E-state index contributed by atoms with van der Waals surface area (Å²) in [4.78, 5) is 19.9. The minimum Gasteiger partial charge on any atom is -0.491 e. The maximum absolute atomic E-state index is 13.4. The van der Waals surface area contributed by atoms with E-state index in [0.29, 0.717) is 46.3 Å². The number of aryl methyl sites for hydroxylation is 1. The summed E-state index contributed by atoms with van der Waals surface area (Å²) < 4.78 is 11.7. The van der Waals surface area contributed by atoms with Crippen LogP contribution < -0.4 is 4.74 Å². The lowest BCUT2D eigenvalue weighted by Gasteiger charge is -2.46. The predicted molar refractivity (Wildman–Crippen MR) is 107 cm³/mol. The van der Waals surface area contributed by atoms with Crippen molar-refractivity contribution in [1.82, 2.24) is 9.88 Å². The van der Waals surface area contributed by atoms with Crippen LogP contribution in [0.3, 0.4) is 0 Å². The first-order valence-corrected chi connectivity index (χ1v) is 10.7. The Labute approximate surface area is 165 Å². The van der Waals surface area contributed by atoms with Gasteiger partial charge >= 0.3 is 0 Å². The van der Waals surface area contributed by atoms with Crippen molar-refractivity contribution in [2.45, 2.75) is 52.1 Å². The highest BCUT2D eigenvalue weighted by molar-refractivity contribution is 6.31. The largest absolute Gasteiger partial charge is 0.491 e. The third-order valence-corrected chi connectivity index (χ3v) is 5.89. The number of hydrogen-bond acceptors (Lipinski definition) is 4. The summed E-state index contributed by atoms with van der Waals surface area (Å²) in [6, 6.07) is 3.81. The van der Waals surface area contributed by atoms with Gasteiger partial charge in [-0.2, -0.15) is 0 Å². The molecule has 0 saturated carbocycles. The molecule has 146 valence electrons. The van der Waals surface area contributed by atoms with Gasteiger partial charge < -0.3 is 14.1 Å². The molecule has 1 fully saturated rings. The standard InChI is InChI=1S/C21H30N2O3Si/c1-6-25-18-10-7-14(2)22-19(18)20(24)23-12-16-9-8-15(16)11-17(23)13-26-27-21(3,4)5/h7-10,15-17H,6,11-13H2,1-5H3. The first kappa shape index (κ1) is 20.1. The number of aromatic nitrogens is 1. The van der Waals surface area contributed by atoms with E-state index in [2.05, 4.69) is 37.9 Å². The molecule has 1 aromatic rings. The quantitative estimate of drug-likeness (QED) is 0.553. The van der Waals surface area contributed by atoms with Crippen LogP contribution in [0, 0.1) is 18.8 Å². The molecule has 6 heteroatoms. The molecule has 2 heterocycles. The Morgan fingerprint density at radius 3 is 2.67 bits per heavy atom. The Bertz CT molecular complexity index is 714. The van der Waals surface area contributed by atoms with Gasteiger partial charge in [0.1, 0.15) is 0 Å². The number of likely N-dealkylation sites (tertiary alicyclic amines) is 1. The second-order valence-corrected chi connectivity index (χ2v) is 10.4. The number of nitrogens with zero attached hydrogens (tertiary/aromatic N) is 2. The topological polar surface area (TPSA) is 51.7 Å². The molecule has 0 spiro atoms. The van der Waals surface area contributed by atoms with E-state index in [1.807, 2.05) is 30.9 Å². The Kier molecular flexibility index (Phi) is 6.06. The van der Waals surface area contributed by atoms with Gasteiger partial charge in [0.2, 0.25) is 9.76 Å². The summed E-state index contributed by atoms with van der Waals surface area (Å²) in [6.45, 7) is 12.2. The van der Waals surface area contributed by atoms with Crippen LogP contribution in [-0.2, 0) is 4.43 Å². The fourth-order valence-corrected chi connectivity index (χ4v) is 4.27.